The van der Waals surface area contributed by atoms with Crippen LogP contribution in [0.1, 0.15) is 52.6 Å². The summed E-state index contributed by atoms with van der Waals surface area (Å²) in [4.78, 5) is 47.8. The Hall–Kier alpha value is -4.39. The number of nitrogens with zero attached hydrogens (tertiary/aromatic N) is 2. The number of benzene rings is 3. The van der Waals surface area contributed by atoms with E-state index in [4.69, 9.17) is 0 Å². The highest BCUT2D eigenvalue weighted by Gasteiger charge is 2.53. The summed E-state index contributed by atoms with van der Waals surface area (Å²) in [5, 5.41) is 3.98. The van der Waals surface area contributed by atoms with Gasteiger partial charge in [-0.05, 0) is 47.7 Å². The standard InChI is InChI=1S/C31H30N4O3/c1-18(2)17-32-29(36)22-13-7-9-15-25(22)35-30(37)26-16-23-21-12-6-8-14-24(21)33-27(23)28(34(26)31(35)38)20-11-5-4-10-19(20)3/h4-15,18,26,28,33H,16-17H2,1-3H3,(H,32,36)/t26-,28?/m0/s1. The van der Waals surface area contributed by atoms with Crippen molar-refractivity contribution in [2.45, 2.75) is 39.3 Å². The molecule has 1 aromatic heterocycles. The van der Waals surface area contributed by atoms with Gasteiger partial charge >= 0.3 is 6.03 Å². The predicted molar refractivity (Wildman–Crippen MR) is 147 cm³/mol. The van der Waals surface area contributed by atoms with E-state index in [1.165, 1.54) is 4.90 Å². The number of anilines is 1. The summed E-state index contributed by atoms with van der Waals surface area (Å²) in [6, 6.07) is 21.3. The fraction of sp³-hybridized carbons (Fsp3) is 0.258. The summed E-state index contributed by atoms with van der Waals surface area (Å²) in [5.41, 5.74) is 5.61. The molecule has 2 atom stereocenters. The Kier molecular flexibility index (Phi) is 5.79. The van der Waals surface area contributed by atoms with Crippen molar-refractivity contribution in [2.75, 3.05) is 11.4 Å². The van der Waals surface area contributed by atoms with E-state index in [0.29, 0.717) is 24.2 Å². The number of rotatable bonds is 5. The minimum Gasteiger partial charge on any atom is -0.356 e. The fourth-order valence-electron chi connectivity index (χ4n) is 5.77. The third kappa shape index (κ3) is 3.69. The molecule has 1 unspecified atom stereocenters. The molecular formula is C31H30N4O3. The first-order chi connectivity index (χ1) is 18.4. The molecule has 1 saturated heterocycles. The first-order valence-corrected chi connectivity index (χ1v) is 13.0. The van der Waals surface area contributed by atoms with Gasteiger partial charge in [-0.25, -0.2) is 9.69 Å². The minimum absolute atomic E-state index is 0.272. The molecule has 6 rings (SSSR count). The van der Waals surface area contributed by atoms with E-state index >= 15 is 0 Å². The van der Waals surface area contributed by atoms with Crippen LogP contribution in [-0.2, 0) is 11.2 Å². The molecule has 0 aliphatic carbocycles. The van der Waals surface area contributed by atoms with Crippen LogP contribution in [0.25, 0.3) is 10.9 Å². The molecule has 3 aromatic carbocycles. The first kappa shape index (κ1) is 24.0. The molecule has 4 amide bonds. The van der Waals surface area contributed by atoms with E-state index in [1.807, 2.05) is 63.2 Å². The van der Waals surface area contributed by atoms with Gasteiger partial charge in [-0.15, -0.1) is 0 Å². The third-order valence-corrected chi connectivity index (χ3v) is 7.59. The molecule has 2 aliphatic rings. The van der Waals surface area contributed by atoms with E-state index in [1.54, 1.807) is 29.2 Å². The maximum atomic E-state index is 14.2. The van der Waals surface area contributed by atoms with Gasteiger partial charge in [0, 0.05) is 29.6 Å². The zero-order chi connectivity index (χ0) is 26.6. The summed E-state index contributed by atoms with van der Waals surface area (Å²) >= 11 is 0. The first-order valence-electron chi connectivity index (χ1n) is 13.0. The van der Waals surface area contributed by atoms with Crippen LogP contribution in [0.5, 0.6) is 0 Å². The van der Waals surface area contributed by atoms with Crippen molar-refractivity contribution >= 4 is 34.4 Å². The molecule has 0 saturated carbocycles. The van der Waals surface area contributed by atoms with Crippen molar-refractivity contribution in [3.8, 4) is 0 Å². The molecule has 7 heteroatoms. The van der Waals surface area contributed by atoms with Gasteiger partial charge in [0.05, 0.1) is 11.3 Å². The van der Waals surface area contributed by atoms with Gasteiger partial charge in [0.25, 0.3) is 11.8 Å². The Morgan fingerprint density at radius 2 is 1.71 bits per heavy atom. The Morgan fingerprint density at radius 3 is 2.50 bits per heavy atom. The molecule has 0 spiro atoms. The van der Waals surface area contributed by atoms with Crippen molar-refractivity contribution in [2.24, 2.45) is 5.92 Å². The number of hydrogen-bond donors (Lipinski definition) is 2. The number of amides is 4. The van der Waals surface area contributed by atoms with Crippen molar-refractivity contribution in [1.29, 1.82) is 0 Å². The second-order valence-electron chi connectivity index (χ2n) is 10.5. The van der Waals surface area contributed by atoms with Crippen LogP contribution in [0, 0.1) is 12.8 Å². The second kappa shape index (κ2) is 9.17. The lowest BCUT2D eigenvalue weighted by atomic mass is 9.87. The van der Waals surface area contributed by atoms with Crippen LogP contribution in [0.15, 0.2) is 72.8 Å². The Morgan fingerprint density at radius 1 is 1.00 bits per heavy atom. The van der Waals surface area contributed by atoms with Gasteiger partial charge in [0.2, 0.25) is 0 Å². The predicted octanol–water partition coefficient (Wildman–Crippen LogP) is 5.35. The molecule has 2 aliphatic heterocycles. The number of hydrogen-bond acceptors (Lipinski definition) is 3. The SMILES string of the molecule is Cc1ccccc1C1c2[nH]c3ccccc3c2C[C@H]2C(=O)N(c3ccccc3C(=O)NCC(C)C)C(=O)N12. The van der Waals surface area contributed by atoms with Crippen LogP contribution < -0.4 is 10.2 Å². The smallest absolute Gasteiger partial charge is 0.332 e. The highest BCUT2D eigenvalue weighted by molar-refractivity contribution is 6.24. The quantitative estimate of drug-likeness (QED) is 0.358. The molecule has 2 N–H and O–H groups in total. The molecule has 3 heterocycles. The average molecular weight is 507 g/mol. The van der Waals surface area contributed by atoms with Gasteiger partial charge in [0.1, 0.15) is 12.1 Å². The number of fused-ring (bicyclic) bond motifs is 4. The summed E-state index contributed by atoms with van der Waals surface area (Å²) < 4.78 is 0. The molecule has 7 nitrogen and oxygen atoms in total. The van der Waals surface area contributed by atoms with Crippen LogP contribution in [0.4, 0.5) is 10.5 Å². The maximum Gasteiger partial charge on any atom is 0.332 e. The average Bonchev–Trinajstić information content (AvgIpc) is 3.41. The summed E-state index contributed by atoms with van der Waals surface area (Å²) in [5.74, 6) is -0.339. The lowest BCUT2D eigenvalue weighted by Crippen LogP contribution is -2.44. The van der Waals surface area contributed by atoms with E-state index < -0.39 is 18.1 Å². The number of carbonyl (C=O) groups excluding carboxylic acids is 3. The number of urea groups is 1. The number of imide groups is 1. The number of nitrogens with one attached hydrogen (secondary N) is 2. The van der Waals surface area contributed by atoms with Gasteiger partial charge < -0.3 is 10.3 Å². The van der Waals surface area contributed by atoms with Crippen molar-refractivity contribution in [1.82, 2.24) is 15.2 Å². The molecule has 38 heavy (non-hydrogen) atoms. The fourth-order valence-corrected chi connectivity index (χ4v) is 5.77. The van der Waals surface area contributed by atoms with Gasteiger partial charge in [-0.1, -0.05) is 68.4 Å². The van der Waals surface area contributed by atoms with Crippen LogP contribution in [-0.4, -0.2) is 40.3 Å². The van der Waals surface area contributed by atoms with Gasteiger partial charge in [-0.3, -0.25) is 14.5 Å². The summed E-state index contributed by atoms with van der Waals surface area (Å²) in [7, 11) is 0. The minimum atomic E-state index is -0.675. The second-order valence-corrected chi connectivity index (χ2v) is 10.5. The number of aromatic nitrogens is 1. The summed E-state index contributed by atoms with van der Waals surface area (Å²) in [6.07, 6.45) is 0.407. The lowest BCUT2D eigenvalue weighted by Gasteiger charge is -2.36. The zero-order valence-electron chi connectivity index (χ0n) is 21.7. The Balaban J connectivity index is 1.48. The third-order valence-electron chi connectivity index (χ3n) is 7.59. The highest BCUT2D eigenvalue weighted by atomic mass is 16.2. The molecule has 192 valence electrons. The van der Waals surface area contributed by atoms with Gasteiger partial charge in [0.15, 0.2) is 0 Å². The van der Waals surface area contributed by atoms with E-state index in [-0.39, 0.29) is 17.7 Å². The van der Waals surface area contributed by atoms with Crippen LogP contribution >= 0.6 is 0 Å². The Bertz CT molecular complexity index is 1590. The van der Waals surface area contributed by atoms with Crippen LogP contribution in [0.2, 0.25) is 0 Å². The topological polar surface area (TPSA) is 85.5 Å². The number of para-hydroxylation sites is 2. The number of H-pyrrole nitrogens is 1. The molecule has 4 aromatic rings. The monoisotopic (exact) mass is 506 g/mol. The van der Waals surface area contributed by atoms with E-state index in [9.17, 15) is 14.4 Å². The van der Waals surface area contributed by atoms with E-state index in [0.717, 1.165) is 33.3 Å². The lowest BCUT2D eigenvalue weighted by molar-refractivity contribution is -0.120. The van der Waals surface area contributed by atoms with E-state index in [2.05, 4.69) is 16.4 Å². The molecule has 0 bridgehead atoms. The molecular weight excluding hydrogens is 476 g/mol. The van der Waals surface area contributed by atoms with Crippen molar-refractivity contribution in [3.05, 3.63) is 101 Å². The normalized spacial score (nSPS) is 18.7. The van der Waals surface area contributed by atoms with Crippen molar-refractivity contribution in [3.63, 3.8) is 0 Å². The number of carbonyl (C=O) groups is 3. The largest absolute Gasteiger partial charge is 0.356 e. The summed E-state index contributed by atoms with van der Waals surface area (Å²) in [6.45, 7) is 6.56. The number of aromatic amines is 1. The highest BCUT2D eigenvalue weighted by Crippen LogP contribution is 2.45. The molecule has 0 radical (unpaired) electrons. The van der Waals surface area contributed by atoms with Gasteiger partial charge in [-0.2, -0.15) is 0 Å². The van der Waals surface area contributed by atoms with Crippen molar-refractivity contribution < 1.29 is 14.4 Å². The zero-order valence-corrected chi connectivity index (χ0v) is 21.7. The number of aryl methyl sites for hydroxylation is 1. The molecule has 1 fully saturated rings. The Labute approximate surface area is 221 Å². The maximum absolute atomic E-state index is 14.2. The van der Waals surface area contributed by atoms with Crippen LogP contribution in [0.3, 0.4) is 0 Å².